The summed E-state index contributed by atoms with van der Waals surface area (Å²) >= 11 is 1.44. The molecule has 1 aliphatic heterocycles. The number of anilines is 2. The number of aromatic nitrogens is 2. The highest BCUT2D eigenvalue weighted by Gasteiger charge is 2.24. The maximum absolute atomic E-state index is 12.8. The Morgan fingerprint density at radius 3 is 2.93 bits per heavy atom. The standard InChI is InChI=1S/C20H22N4O3S/c1-10(2)9-24-20-14(11(3)23-24)8-17(28-20)19(26)21-13-5-6-16-15(7-13)22-18(25)12(4)27-16/h5-8,10,12H,9H2,1-4H3,(H,21,26)(H,22,25)/t12-/m1/s1. The minimum atomic E-state index is -0.528. The van der Waals surface area contributed by atoms with Crippen molar-refractivity contribution in [2.24, 2.45) is 5.92 Å². The van der Waals surface area contributed by atoms with Gasteiger partial charge in [0.1, 0.15) is 10.6 Å². The lowest BCUT2D eigenvalue weighted by molar-refractivity contribution is -0.122. The van der Waals surface area contributed by atoms with Crippen LogP contribution in [0.1, 0.15) is 36.1 Å². The van der Waals surface area contributed by atoms with E-state index in [1.54, 1.807) is 25.1 Å². The molecule has 0 bridgehead atoms. The Kier molecular flexibility index (Phi) is 4.58. The fourth-order valence-corrected chi connectivity index (χ4v) is 4.24. The van der Waals surface area contributed by atoms with Gasteiger partial charge in [-0.15, -0.1) is 11.3 Å². The first kappa shape index (κ1) is 18.5. The number of carbonyl (C=O) groups excluding carboxylic acids is 2. The van der Waals surface area contributed by atoms with Crippen LogP contribution in [-0.4, -0.2) is 27.7 Å². The maximum atomic E-state index is 12.8. The van der Waals surface area contributed by atoms with E-state index in [0.717, 1.165) is 22.5 Å². The summed E-state index contributed by atoms with van der Waals surface area (Å²) in [4.78, 5) is 26.2. The van der Waals surface area contributed by atoms with Crippen molar-refractivity contribution >= 4 is 44.7 Å². The lowest BCUT2D eigenvalue weighted by Crippen LogP contribution is -2.34. The molecule has 2 amide bonds. The Hall–Kier alpha value is -2.87. The third-order valence-corrected chi connectivity index (χ3v) is 5.68. The molecule has 1 aromatic carbocycles. The van der Waals surface area contributed by atoms with Gasteiger partial charge in [0.15, 0.2) is 6.10 Å². The van der Waals surface area contributed by atoms with Gasteiger partial charge >= 0.3 is 0 Å². The molecular weight excluding hydrogens is 376 g/mol. The summed E-state index contributed by atoms with van der Waals surface area (Å²) in [6.45, 7) is 8.75. The zero-order chi connectivity index (χ0) is 20.0. The fraction of sp³-hybridized carbons (Fsp3) is 0.350. The summed E-state index contributed by atoms with van der Waals surface area (Å²) in [6, 6.07) is 7.10. The molecule has 0 spiro atoms. The van der Waals surface area contributed by atoms with Gasteiger partial charge in [0.05, 0.1) is 16.3 Å². The van der Waals surface area contributed by atoms with Crippen molar-refractivity contribution in [3.63, 3.8) is 0 Å². The molecule has 0 radical (unpaired) electrons. The van der Waals surface area contributed by atoms with Gasteiger partial charge in [0, 0.05) is 17.6 Å². The summed E-state index contributed by atoms with van der Waals surface area (Å²) in [5, 5.41) is 11.3. The molecule has 0 saturated heterocycles. The molecule has 0 unspecified atom stereocenters. The van der Waals surface area contributed by atoms with E-state index in [1.165, 1.54) is 11.3 Å². The van der Waals surface area contributed by atoms with Crippen LogP contribution in [0.5, 0.6) is 5.75 Å². The number of nitrogens with one attached hydrogen (secondary N) is 2. The number of fused-ring (bicyclic) bond motifs is 2. The number of ether oxygens (including phenoxy) is 1. The molecule has 28 heavy (non-hydrogen) atoms. The van der Waals surface area contributed by atoms with Crippen LogP contribution in [0, 0.1) is 12.8 Å². The van der Waals surface area contributed by atoms with E-state index in [1.807, 2.05) is 17.7 Å². The SMILES string of the molecule is Cc1nn(CC(C)C)c2sc(C(=O)Nc3ccc4c(c3)NC(=O)[C@@H](C)O4)cc12. The second-order valence-corrected chi connectivity index (χ2v) is 8.44. The Labute approximate surface area is 166 Å². The molecule has 0 fully saturated rings. The highest BCUT2D eigenvalue weighted by molar-refractivity contribution is 7.20. The second-order valence-electron chi connectivity index (χ2n) is 7.41. The molecule has 1 atom stereocenters. The summed E-state index contributed by atoms with van der Waals surface area (Å²) < 4.78 is 7.52. The fourth-order valence-electron chi connectivity index (χ4n) is 3.17. The van der Waals surface area contributed by atoms with Crippen molar-refractivity contribution in [1.82, 2.24) is 9.78 Å². The van der Waals surface area contributed by atoms with Crippen molar-refractivity contribution in [2.45, 2.75) is 40.3 Å². The average Bonchev–Trinajstić information content (AvgIpc) is 3.18. The van der Waals surface area contributed by atoms with E-state index in [-0.39, 0.29) is 11.8 Å². The summed E-state index contributed by atoms with van der Waals surface area (Å²) in [5.74, 6) is 0.674. The number of amides is 2. The topological polar surface area (TPSA) is 85.3 Å². The van der Waals surface area contributed by atoms with Crippen molar-refractivity contribution < 1.29 is 14.3 Å². The van der Waals surface area contributed by atoms with Gasteiger partial charge in [0.2, 0.25) is 0 Å². The van der Waals surface area contributed by atoms with Crippen LogP contribution in [0.4, 0.5) is 11.4 Å². The molecule has 7 nitrogen and oxygen atoms in total. The molecule has 146 valence electrons. The zero-order valence-electron chi connectivity index (χ0n) is 16.2. The van der Waals surface area contributed by atoms with Gasteiger partial charge in [-0.2, -0.15) is 5.10 Å². The van der Waals surface area contributed by atoms with Gasteiger partial charge in [-0.25, -0.2) is 0 Å². The lowest BCUT2D eigenvalue weighted by Gasteiger charge is -2.23. The number of thiophene rings is 1. The molecule has 8 heteroatoms. The highest BCUT2D eigenvalue weighted by atomic mass is 32.1. The molecule has 2 N–H and O–H groups in total. The van der Waals surface area contributed by atoms with E-state index in [0.29, 0.717) is 27.9 Å². The predicted molar refractivity (Wildman–Crippen MR) is 110 cm³/mol. The minimum absolute atomic E-state index is 0.187. The van der Waals surface area contributed by atoms with Crippen LogP contribution in [0.25, 0.3) is 10.2 Å². The van der Waals surface area contributed by atoms with Gasteiger partial charge < -0.3 is 15.4 Å². The maximum Gasteiger partial charge on any atom is 0.265 e. The zero-order valence-corrected chi connectivity index (χ0v) is 17.0. The number of hydrogen-bond acceptors (Lipinski definition) is 5. The molecule has 3 aromatic rings. The molecule has 2 aromatic heterocycles. The Bertz CT molecular complexity index is 1080. The second kappa shape index (κ2) is 6.94. The average molecular weight is 398 g/mol. The van der Waals surface area contributed by atoms with Gasteiger partial charge in [-0.05, 0) is 44.0 Å². The normalized spacial score (nSPS) is 16.0. The highest BCUT2D eigenvalue weighted by Crippen LogP contribution is 2.33. The first-order valence-corrected chi connectivity index (χ1v) is 10.0. The number of nitrogens with zero attached hydrogens (tertiary/aromatic N) is 2. The first-order valence-electron chi connectivity index (χ1n) is 9.21. The van der Waals surface area contributed by atoms with Crippen molar-refractivity contribution in [3.8, 4) is 5.75 Å². The van der Waals surface area contributed by atoms with Crippen LogP contribution in [0.3, 0.4) is 0 Å². The van der Waals surface area contributed by atoms with Crippen LogP contribution >= 0.6 is 11.3 Å². The van der Waals surface area contributed by atoms with Crippen LogP contribution in [0.2, 0.25) is 0 Å². The van der Waals surface area contributed by atoms with Crippen LogP contribution in [-0.2, 0) is 11.3 Å². The molecule has 1 aliphatic rings. The summed E-state index contributed by atoms with van der Waals surface area (Å²) in [7, 11) is 0. The van der Waals surface area contributed by atoms with E-state index in [9.17, 15) is 9.59 Å². The Morgan fingerprint density at radius 1 is 1.39 bits per heavy atom. The third kappa shape index (κ3) is 3.35. The monoisotopic (exact) mass is 398 g/mol. The number of hydrogen-bond donors (Lipinski definition) is 2. The lowest BCUT2D eigenvalue weighted by atomic mass is 10.2. The third-order valence-electron chi connectivity index (χ3n) is 4.54. The van der Waals surface area contributed by atoms with Gasteiger partial charge in [-0.1, -0.05) is 13.8 Å². The molecule has 0 saturated carbocycles. The minimum Gasteiger partial charge on any atom is -0.479 e. The number of rotatable bonds is 4. The predicted octanol–water partition coefficient (Wildman–Crippen LogP) is 4.03. The van der Waals surface area contributed by atoms with Crippen molar-refractivity contribution in [2.75, 3.05) is 10.6 Å². The summed E-state index contributed by atoms with van der Waals surface area (Å²) in [6.07, 6.45) is -0.528. The van der Waals surface area contributed by atoms with E-state index in [2.05, 4.69) is 29.6 Å². The smallest absolute Gasteiger partial charge is 0.265 e. The molecule has 3 heterocycles. The van der Waals surface area contributed by atoms with Gasteiger partial charge in [-0.3, -0.25) is 14.3 Å². The summed E-state index contributed by atoms with van der Waals surface area (Å²) in [5.41, 5.74) is 2.08. The van der Waals surface area contributed by atoms with E-state index >= 15 is 0 Å². The molecule has 0 aliphatic carbocycles. The Morgan fingerprint density at radius 2 is 2.18 bits per heavy atom. The number of aryl methyl sites for hydroxylation is 1. The van der Waals surface area contributed by atoms with Gasteiger partial charge in [0.25, 0.3) is 11.8 Å². The first-order chi connectivity index (χ1) is 13.3. The molecule has 4 rings (SSSR count). The number of benzene rings is 1. The van der Waals surface area contributed by atoms with Crippen LogP contribution in [0.15, 0.2) is 24.3 Å². The quantitative estimate of drug-likeness (QED) is 0.695. The number of carbonyl (C=O) groups is 2. The van der Waals surface area contributed by atoms with Crippen molar-refractivity contribution in [3.05, 3.63) is 34.8 Å². The van der Waals surface area contributed by atoms with Crippen LogP contribution < -0.4 is 15.4 Å². The van der Waals surface area contributed by atoms with E-state index < -0.39 is 6.10 Å². The molecular formula is C20H22N4O3S. The Balaban J connectivity index is 1.57. The van der Waals surface area contributed by atoms with E-state index in [4.69, 9.17) is 4.74 Å². The van der Waals surface area contributed by atoms with Crippen molar-refractivity contribution in [1.29, 1.82) is 0 Å². The largest absolute Gasteiger partial charge is 0.479 e.